The highest BCUT2D eigenvalue weighted by Gasteiger charge is 2.18. The molecule has 0 aliphatic carbocycles. The number of hydrogen-bond acceptors (Lipinski definition) is 5. The predicted octanol–water partition coefficient (Wildman–Crippen LogP) is 2.21. The van der Waals surface area contributed by atoms with Gasteiger partial charge in [0.2, 0.25) is 0 Å². The molecule has 1 aromatic carbocycles. The average molecular weight is 317 g/mol. The number of carbonyl (C=O) groups is 2. The smallest absolute Gasteiger partial charge is 0.262 e. The quantitative estimate of drug-likeness (QED) is 0.676. The monoisotopic (exact) mass is 317 g/mol. The van der Waals surface area contributed by atoms with Gasteiger partial charge in [0.15, 0.2) is 17.5 Å². The summed E-state index contributed by atoms with van der Waals surface area (Å²) in [7, 11) is 0. The van der Waals surface area contributed by atoms with Gasteiger partial charge in [-0.25, -0.2) is 4.98 Å². The zero-order valence-corrected chi connectivity index (χ0v) is 12.9. The molecular weight excluding hydrogens is 302 g/mol. The van der Waals surface area contributed by atoms with Gasteiger partial charge in [-0.1, -0.05) is 11.8 Å². The fraction of sp³-hybridized carbons (Fsp3) is 0.267. The van der Waals surface area contributed by atoms with Crippen LogP contribution in [0.5, 0.6) is 5.75 Å². The number of anilines is 1. The van der Waals surface area contributed by atoms with Crippen LogP contribution >= 0.6 is 11.8 Å². The minimum Gasteiger partial charge on any atom is -0.482 e. The van der Waals surface area contributed by atoms with Crippen LogP contribution in [0, 0.1) is 0 Å². The summed E-state index contributed by atoms with van der Waals surface area (Å²) in [6.07, 6.45) is 3.61. The molecule has 0 radical (unpaired) electrons. The van der Waals surface area contributed by atoms with Crippen molar-refractivity contribution in [3.63, 3.8) is 0 Å². The van der Waals surface area contributed by atoms with Gasteiger partial charge in [0.05, 0.1) is 11.4 Å². The molecule has 0 fully saturated rings. The number of nitrogens with one attached hydrogen (secondary N) is 1. The Kier molecular flexibility index (Phi) is 4.15. The third kappa shape index (κ3) is 2.99. The molecule has 7 heteroatoms. The van der Waals surface area contributed by atoms with Gasteiger partial charge >= 0.3 is 0 Å². The van der Waals surface area contributed by atoms with Crippen LogP contribution in [0.15, 0.2) is 35.7 Å². The zero-order chi connectivity index (χ0) is 15.5. The maximum atomic E-state index is 12.3. The zero-order valence-electron chi connectivity index (χ0n) is 12.0. The van der Waals surface area contributed by atoms with Crippen LogP contribution in [0.3, 0.4) is 0 Å². The standard InChI is InChI=1S/C15H15N3O3S/c1-2-18-6-5-16-15(18)22-9-12(19)10-3-4-13-11(7-10)17-14(20)8-21-13/h3-7H,2,8-9H2,1H3,(H,17,20). The average Bonchev–Trinajstić information content (AvgIpc) is 2.99. The highest BCUT2D eigenvalue weighted by atomic mass is 32.2. The second kappa shape index (κ2) is 6.23. The van der Waals surface area contributed by atoms with Crippen LogP contribution < -0.4 is 10.1 Å². The number of carbonyl (C=O) groups excluding carboxylic acids is 2. The number of aryl methyl sites for hydroxylation is 1. The van der Waals surface area contributed by atoms with E-state index in [1.165, 1.54) is 11.8 Å². The number of amides is 1. The Morgan fingerprint density at radius 3 is 3.18 bits per heavy atom. The van der Waals surface area contributed by atoms with E-state index in [9.17, 15) is 9.59 Å². The molecule has 1 aromatic heterocycles. The normalized spacial score (nSPS) is 13.2. The molecule has 0 atom stereocenters. The molecule has 2 heterocycles. The molecule has 1 amide bonds. The van der Waals surface area contributed by atoms with Gasteiger partial charge in [0.1, 0.15) is 5.75 Å². The number of imidazole rings is 1. The number of fused-ring (bicyclic) bond motifs is 1. The van der Waals surface area contributed by atoms with Crippen LogP contribution in [0.1, 0.15) is 17.3 Å². The summed E-state index contributed by atoms with van der Waals surface area (Å²) in [6, 6.07) is 5.08. The van der Waals surface area contributed by atoms with E-state index in [4.69, 9.17) is 4.74 Å². The number of Topliss-reactive ketones (excluding diaryl/α,β-unsaturated/α-hetero) is 1. The molecular formula is C15H15N3O3S. The van der Waals surface area contributed by atoms with Gasteiger partial charge in [0.25, 0.3) is 5.91 Å². The number of thioether (sulfide) groups is 1. The summed E-state index contributed by atoms with van der Waals surface area (Å²) >= 11 is 1.40. The van der Waals surface area contributed by atoms with Crippen LogP contribution in [-0.2, 0) is 11.3 Å². The van der Waals surface area contributed by atoms with Crippen LogP contribution in [-0.4, -0.2) is 33.6 Å². The van der Waals surface area contributed by atoms with Gasteiger partial charge in [-0.3, -0.25) is 9.59 Å². The second-order valence-electron chi connectivity index (χ2n) is 4.76. The highest BCUT2D eigenvalue weighted by Crippen LogP contribution is 2.29. The number of benzene rings is 1. The molecule has 1 aliphatic heterocycles. The molecule has 0 saturated heterocycles. The Hall–Kier alpha value is -2.28. The number of ether oxygens (including phenoxy) is 1. The van der Waals surface area contributed by atoms with Crippen molar-refractivity contribution in [2.75, 3.05) is 17.7 Å². The summed E-state index contributed by atoms with van der Waals surface area (Å²) in [5.74, 6) is 0.657. The third-order valence-electron chi connectivity index (χ3n) is 3.28. The van der Waals surface area contributed by atoms with Crippen LogP contribution in [0.25, 0.3) is 0 Å². The van der Waals surface area contributed by atoms with Gasteiger partial charge in [-0.05, 0) is 25.1 Å². The first-order valence-corrected chi connectivity index (χ1v) is 7.89. The third-order valence-corrected chi connectivity index (χ3v) is 4.29. The summed E-state index contributed by atoms with van der Waals surface area (Å²) < 4.78 is 7.26. The SMILES string of the molecule is CCn1ccnc1SCC(=O)c1ccc2c(c1)NC(=O)CO2. The van der Waals surface area contributed by atoms with E-state index in [-0.39, 0.29) is 18.3 Å². The lowest BCUT2D eigenvalue weighted by atomic mass is 10.1. The number of ketones is 1. The lowest BCUT2D eigenvalue weighted by molar-refractivity contribution is -0.118. The van der Waals surface area contributed by atoms with E-state index in [0.29, 0.717) is 22.8 Å². The van der Waals surface area contributed by atoms with Crippen molar-refractivity contribution >= 4 is 29.1 Å². The summed E-state index contributed by atoms with van der Waals surface area (Å²) in [6.45, 7) is 2.86. The first-order valence-electron chi connectivity index (χ1n) is 6.91. The molecule has 3 rings (SSSR count). The lowest BCUT2D eigenvalue weighted by Crippen LogP contribution is -2.25. The fourth-order valence-corrected chi connectivity index (χ4v) is 3.06. The Morgan fingerprint density at radius 2 is 2.36 bits per heavy atom. The minimum absolute atomic E-state index is 0.00974. The molecule has 2 aromatic rings. The number of nitrogens with zero attached hydrogens (tertiary/aromatic N) is 2. The van der Waals surface area contributed by atoms with E-state index in [0.717, 1.165) is 11.7 Å². The van der Waals surface area contributed by atoms with Crippen molar-refractivity contribution in [1.29, 1.82) is 0 Å². The van der Waals surface area contributed by atoms with Crippen molar-refractivity contribution in [1.82, 2.24) is 9.55 Å². The largest absolute Gasteiger partial charge is 0.482 e. The second-order valence-corrected chi connectivity index (χ2v) is 5.70. The minimum atomic E-state index is -0.212. The Balaban J connectivity index is 1.70. The topological polar surface area (TPSA) is 73.2 Å². The van der Waals surface area contributed by atoms with Gasteiger partial charge in [-0.15, -0.1) is 0 Å². The van der Waals surface area contributed by atoms with Crippen molar-refractivity contribution in [2.45, 2.75) is 18.6 Å². The molecule has 6 nitrogen and oxygen atoms in total. The van der Waals surface area contributed by atoms with Gasteiger partial charge in [-0.2, -0.15) is 0 Å². The van der Waals surface area contributed by atoms with E-state index in [1.807, 2.05) is 17.7 Å². The van der Waals surface area contributed by atoms with Crippen LogP contribution in [0.2, 0.25) is 0 Å². The molecule has 0 unspecified atom stereocenters. The Labute approximate surface area is 131 Å². The van der Waals surface area contributed by atoms with E-state index in [1.54, 1.807) is 24.4 Å². The molecule has 1 aliphatic rings. The summed E-state index contributed by atoms with van der Waals surface area (Å²) in [4.78, 5) is 27.8. The van der Waals surface area contributed by atoms with E-state index >= 15 is 0 Å². The number of hydrogen-bond donors (Lipinski definition) is 1. The predicted molar refractivity (Wildman–Crippen MR) is 83.5 cm³/mol. The van der Waals surface area contributed by atoms with Gasteiger partial charge in [0, 0.05) is 24.5 Å². The number of rotatable bonds is 5. The van der Waals surface area contributed by atoms with Crippen molar-refractivity contribution < 1.29 is 14.3 Å². The van der Waals surface area contributed by atoms with Crippen molar-refractivity contribution in [3.05, 3.63) is 36.2 Å². The first-order chi connectivity index (χ1) is 10.7. The molecule has 22 heavy (non-hydrogen) atoms. The molecule has 0 spiro atoms. The maximum absolute atomic E-state index is 12.3. The van der Waals surface area contributed by atoms with Gasteiger partial charge < -0.3 is 14.6 Å². The summed E-state index contributed by atoms with van der Waals surface area (Å²) in [5, 5.41) is 3.53. The van der Waals surface area contributed by atoms with E-state index < -0.39 is 0 Å². The first kappa shape index (κ1) is 14.6. The molecule has 0 bridgehead atoms. The van der Waals surface area contributed by atoms with E-state index in [2.05, 4.69) is 10.3 Å². The van der Waals surface area contributed by atoms with Crippen molar-refractivity contribution in [2.24, 2.45) is 0 Å². The highest BCUT2D eigenvalue weighted by molar-refractivity contribution is 7.99. The molecule has 1 N–H and O–H groups in total. The fourth-order valence-electron chi connectivity index (χ4n) is 2.15. The Morgan fingerprint density at radius 1 is 1.50 bits per heavy atom. The van der Waals surface area contributed by atoms with Crippen molar-refractivity contribution in [3.8, 4) is 5.75 Å². The molecule has 0 saturated carbocycles. The lowest BCUT2D eigenvalue weighted by Gasteiger charge is -2.18. The van der Waals surface area contributed by atoms with Crippen LogP contribution in [0.4, 0.5) is 5.69 Å². The summed E-state index contributed by atoms with van der Waals surface area (Å²) in [5.41, 5.74) is 1.09. The maximum Gasteiger partial charge on any atom is 0.262 e. The Bertz CT molecular complexity index is 727. The molecule has 114 valence electrons. The number of aromatic nitrogens is 2.